The zero-order valence-corrected chi connectivity index (χ0v) is 34.5. The number of thiophene rings is 2. The summed E-state index contributed by atoms with van der Waals surface area (Å²) in [5.74, 6) is 0. The second-order valence-electron chi connectivity index (χ2n) is 9.03. The third kappa shape index (κ3) is 7.70. The highest BCUT2D eigenvalue weighted by Gasteiger charge is 2.27. The largest absolute Gasteiger partial charge is 0.135 e. The smallest absolute Gasteiger partial charge is 0.0580 e. The molecule has 0 amide bonds. The second kappa shape index (κ2) is 16.2. The van der Waals surface area contributed by atoms with Crippen LogP contribution in [0, 0.1) is 0 Å². The predicted octanol–water partition coefficient (Wildman–Crippen LogP) is 16.6. The Labute approximate surface area is 328 Å². The average molecular weight is 851 g/mol. The molecule has 230 valence electrons. The molecule has 0 radical (unpaired) electrons. The second-order valence-corrected chi connectivity index (χ2v) is 23.9. The SMILES string of the molecule is C1=CSC(=CC(=C2SC=CS2)c2ccc(C(=C3SC=CS3)C(=C3SC=CS3)c3ccc(C(C=C4SC=CS4)=C4SC=CS4)s3)s2)S1. The zero-order chi connectivity index (χ0) is 30.7. The fourth-order valence-electron chi connectivity index (χ4n) is 4.47. The van der Waals surface area contributed by atoms with Crippen molar-refractivity contribution in [1.82, 2.24) is 0 Å². The quantitative estimate of drug-likeness (QED) is 0.260. The Bertz CT molecular complexity index is 1740. The Kier molecular flexibility index (Phi) is 11.9. The van der Waals surface area contributed by atoms with Crippen molar-refractivity contribution >= 4 is 186 Å². The summed E-state index contributed by atoms with van der Waals surface area (Å²) in [7, 11) is 0. The number of allylic oxidation sites excluding steroid dienone is 6. The molecule has 46 heavy (non-hydrogen) atoms. The van der Waals surface area contributed by atoms with E-state index in [9.17, 15) is 0 Å². The molecule has 0 nitrogen and oxygen atoms in total. The number of thioether (sulfide) groups is 12. The summed E-state index contributed by atoms with van der Waals surface area (Å²) in [6, 6.07) is 9.39. The van der Waals surface area contributed by atoms with Gasteiger partial charge in [0.15, 0.2) is 0 Å². The highest BCUT2D eigenvalue weighted by Crippen LogP contribution is 2.57. The average Bonchev–Trinajstić information content (AvgIpc) is 3.92. The number of hydrogen-bond donors (Lipinski definition) is 0. The highest BCUT2D eigenvalue weighted by atomic mass is 32.2. The molecule has 0 aromatic carbocycles. The highest BCUT2D eigenvalue weighted by molar-refractivity contribution is 8.30. The first-order chi connectivity index (χ1) is 22.8. The minimum atomic E-state index is 1.32. The van der Waals surface area contributed by atoms with E-state index >= 15 is 0 Å². The van der Waals surface area contributed by atoms with Crippen LogP contribution in [-0.2, 0) is 0 Å². The molecule has 8 rings (SSSR count). The summed E-state index contributed by atoms with van der Waals surface area (Å²) in [6.07, 6.45) is 4.76. The van der Waals surface area contributed by atoms with Crippen molar-refractivity contribution in [3.05, 3.63) is 146 Å². The van der Waals surface area contributed by atoms with E-state index in [1.54, 1.807) is 0 Å². The van der Waals surface area contributed by atoms with E-state index in [0.29, 0.717) is 0 Å². The van der Waals surface area contributed by atoms with E-state index in [2.05, 4.69) is 101 Å². The molecule has 0 aliphatic carbocycles. The molecule has 0 bridgehead atoms. The van der Waals surface area contributed by atoms with Gasteiger partial charge in [0.05, 0.1) is 16.9 Å². The van der Waals surface area contributed by atoms with Crippen molar-refractivity contribution in [2.75, 3.05) is 0 Å². The Morgan fingerprint density at radius 1 is 0.326 bits per heavy atom. The number of hydrogen-bond acceptors (Lipinski definition) is 14. The lowest BCUT2D eigenvalue weighted by molar-refractivity contribution is 1.79. The van der Waals surface area contributed by atoms with Crippen molar-refractivity contribution in [2.45, 2.75) is 0 Å². The summed E-state index contributed by atoms with van der Waals surface area (Å²) < 4.78 is 8.05. The van der Waals surface area contributed by atoms with Crippen LogP contribution < -0.4 is 0 Å². The summed E-state index contributed by atoms with van der Waals surface area (Å²) in [5.41, 5.74) is 5.34. The number of rotatable bonds is 7. The van der Waals surface area contributed by atoms with Crippen molar-refractivity contribution in [1.29, 1.82) is 0 Å². The fourth-order valence-corrected chi connectivity index (χ4v) is 17.9. The molecule has 2 aromatic rings. The van der Waals surface area contributed by atoms with Crippen LogP contribution in [0.2, 0.25) is 0 Å². The molecule has 0 saturated heterocycles. The predicted molar refractivity (Wildman–Crippen MR) is 238 cm³/mol. The molecule has 8 heterocycles. The lowest BCUT2D eigenvalue weighted by Gasteiger charge is -2.15. The van der Waals surface area contributed by atoms with E-state index < -0.39 is 0 Å². The Morgan fingerprint density at radius 2 is 0.609 bits per heavy atom. The Morgan fingerprint density at radius 3 is 0.957 bits per heavy atom. The van der Waals surface area contributed by atoms with Crippen molar-refractivity contribution < 1.29 is 0 Å². The fraction of sp³-hybridized carbons (Fsp3) is 0. The molecule has 2 aromatic heterocycles. The summed E-state index contributed by atoms with van der Waals surface area (Å²) >= 11 is 25.8. The Balaban J connectivity index is 1.22. The maximum Gasteiger partial charge on any atom is 0.0580 e. The molecule has 6 aliphatic heterocycles. The summed E-state index contributed by atoms with van der Waals surface area (Å²) in [6.45, 7) is 0. The van der Waals surface area contributed by atoms with Gasteiger partial charge in [-0.2, -0.15) is 0 Å². The van der Waals surface area contributed by atoms with E-state index in [4.69, 9.17) is 0 Å². The van der Waals surface area contributed by atoms with Gasteiger partial charge in [0.2, 0.25) is 0 Å². The van der Waals surface area contributed by atoms with E-state index in [1.807, 2.05) is 164 Å². The normalized spacial score (nSPS) is 19.7. The first-order valence-corrected chi connectivity index (χ1v) is 25.5. The molecule has 0 saturated carbocycles. The zero-order valence-electron chi connectivity index (χ0n) is 23.1. The molecule has 0 unspecified atom stereocenters. The molecule has 0 atom stereocenters. The van der Waals surface area contributed by atoms with Crippen LogP contribution in [0.15, 0.2) is 127 Å². The standard InChI is InChI=1S/C32H18S14/c1-3-23(45-21(1)19(29-37-9-10-38-29)17-25-33-5-6-34-25)27(31-41-13-14-42-31)28(32-43-15-16-44-32)24-4-2-22(46-24)20(30-39-11-12-40-30)18-26-35-7-8-36-26/h1-18H. The van der Waals surface area contributed by atoms with Crippen LogP contribution in [0.1, 0.15) is 19.5 Å². The van der Waals surface area contributed by atoms with Gasteiger partial charge >= 0.3 is 0 Å². The van der Waals surface area contributed by atoms with Gasteiger partial charge in [-0.1, -0.05) is 141 Å². The lowest BCUT2D eigenvalue weighted by atomic mass is 10.1. The molecular formula is C32H18S14. The van der Waals surface area contributed by atoms with Crippen molar-refractivity contribution in [3.63, 3.8) is 0 Å². The van der Waals surface area contributed by atoms with Crippen LogP contribution in [0.3, 0.4) is 0 Å². The molecule has 0 spiro atoms. The molecule has 0 N–H and O–H groups in total. The molecular weight excluding hydrogens is 833 g/mol. The topological polar surface area (TPSA) is 0 Å². The van der Waals surface area contributed by atoms with Crippen molar-refractivity contribution in [2.24, 2.45) is 0 Å². The van der Waals surface area contributed by atoms with E-state index in [0.717, 1.165) is 0 Å². The van der Waals surface area contributed by atoms with Gasteiger partial charge in [-0.15, -0.1) is 22.7 Å². The van der Waals surface area contributed by atoms with Gasteiger partial charge in [0.1, 0.15) is 0 Å². The first kappa shape index (κ1) is 33.6. The third-order valence-electron chi connectivity index (χ3n) is 6.33. The van der Waals surface area contributed by atoms with E-state index in [-0.39, 0.29) is 0 Å². The van der Waals surface area contributed by atoms with Crippen LogP contribution in [0.5, 0.6) is 0 Å². The van der Waals surface area contributed by atoms with Crippen LogP contribution >= 0.6 is 164 Å². The van der Waals surface area contributed by atoms with Crippen LogP contribution in [-0.4, -0.2) is 0 Å². The van der Waals surface area contributed by atoms with Gasteiger partial charge in [0, 0.05) is 50.3 Å². The van der Waals surface area contributed by atoms with Gasteiger partial charge in [-0.25, -0.2) is 0 Å². The minimum Gasteiger partial charge on any atom is -0.135 e. The maximum atomic E-state index is 2.38. The van der Waals surface area contributed by atoms with Crippen LogP contribution in [0.4, 0.5) is 0 Å². The molecule has 6 aliphatic rings. The minimum absolute atomic E-state index is 1.32. The van der Waals surface area contributed by atoms with Gasteiger partial charge in [0.25, 0.3) is 0 Å². The molecule has 14 heteroatoms. The third-order valence-corrected chi connectivity index (χ3v) is 21.2. The van der Waals surface area contributed by atoms with Gasteiger partial charge in [-0.3, -0.25) is 0 Å². The summed E-state index contributed by atoms with van der Waals surface area (Å²) in [4.78, 5) is 5.27. The van der Waals surface area contributed by atoms with Gasteiger partial charge < -0.3 is 0 Å². The van der Waals surface area contributed by atoms with E-state index in [1.165, 1.54) is 67.2 Å². The van der Waals surface area contributed by atoms with Crippen LogP contribution in [0.25, 0.3) is 22.3 Å². The first-order valence-electron chi connectivity index (χ1n) is 13.3. The monoisotopic (exact) mass is 850 g/mol. The summed E-state index contributed by atoms with van der Waals surface area (Å²) in [5, 5.41) is 26.4. The lowest BCUT2D eigenvalue weighted by Crippen LogP contribution is -1.90. The van der Waals surface area contributed by atoms with Gasteiger partial charge in [-0.05, 0) is 101 Å². The Hall–Kier alpha value is 0.480. The maximum absolute atomic E-state index is 2.38. The van der Waals surface area contributed by atoms with Crippen molar-refractivity contribution in [3.8, 4) is 0 Å². The molecule has 0 fully saturated rings.